The minimum atomic E-state index is -3.53. The lowest BCUT2D eigenvalue weighted by molar-refractivity contribution is -0.141. The molecule has 2 N–H and O–H groups in total. The van der Waals surface area contributed by atoms with E-state index in [2.05, 4.69) is 4.72 Å². The first kappa shape index (κ1) is 16.0. The second kappa shape index (κ2) is 5.91. The number of amides is 1. The van der Waals surface area contributed by atoms with Gasteiger partial charge in [0, 0.05) is 7.05 Å². The van der Waals surface area contributed by atoms with Crippen LogP contribution in [0.2, 0.25) is 0 Å². The summed E-state index contributed by atoms with van der Waals surface area (Å²) in [7, 11) is -2.19. The van der Waals surface area contributed by atoms with Gasteiger partial charge in [0.15, 0.2) is 0 Å². The number of carbonyl (C=O) groups excluding carboxylic acids is 1. The van der Waals surface area contributed by atoms with Gasteiger partial charge in [-0.15, -0.1) is 0 Å². The Morgan fingerprint density at radius 1 is 1.30 bits per heavy atom. The van der Waals surface area contributed by atoms with Crippen molar-refractivity contribution < 1.29 is 23.1 Å². The van der Waals surface area contributed by atoms with Gasteiger partial charge in [0.05, 0.1) is 17.5 Å². The average molecular weight is 300 g/mol. The Balaban J connectivity index is 3.14. The van der Waals surface area contributed by atoms with Crippen LogP contribution in [0.4, 0.5) is 5.69 Å². The zero-order valence-electron chi connectivity index (χ0n) is 11.3. The zero-order valence-corrected chi connectivity index (χ0v) is 12.1. The molecule has 110 valence electrons. The molecule has 20 heavy (non-hydrogen) atoms. The molecule has 1 atom stereocenters. The van der Waals surface area contributed by atoms with Gasteiger partial charge >= 0.3 is 5.97 Å². The van der Waals surface area contributed by atoms with E-state index >= 15 is 0 Å². The first-order chi connectivity index (χ1) is 9.13. The van der Waals surface area contributed by atoms with Crippen molar-refractivity contribution in [1.29, 1.82) is 0 Å². The average Bonchev–Trinajstić information content (AvgIpc) is 2.34. The zero-order chi connectivity index (χ0) is 15.5. The lowest BCUT2D eigenvalue weighted by atomic mass is 10.1. The maximum Gasteiger partial charge on any atom is 0.326 e. The van der Waals surface area contributed by atoms with Crippen LogP contribution in [-0.4, -0.2) is 49.6 Å². The lowest BCUT2D eigenvalue weighted by Gasteiger charge is -2.22. The summed E-state index contributed by atoms with van der Waals surface area (Å²) in [5.74, 6) is -1.72. The SMILES string of the molecule is CC(C(=O)O)N(C)C(=O)c1ccccc1NS(C)(=O)=O. The van der Waals surface area contributed by atoms with Crippen LogP contribution in [0.1, 0.15) is 17.3 Å². The van der Waals surface area contributed by atoms with E-state index < -0.39 is 27.9 Å². The monoisotopic (exact) mass is 300 g/mol. The Labute approximate surface area is 117 Å². The smallest absolute Gasteiger partial charge is 0.326 e. The Morgan fingerprint density at radius 3 is 2.35 bits per heavy atom. The second-order valence-corrected chi connectivity index (χ2v) is 6.10. The standard InChI is InChI=1S/C12H16N2O5S/c1-8(12(16)17)14(2)11(15)9-6-4-5-7-10(9)13-20(3,18)19/h4-8,13H,1-3H3,(H,16,17). The molecule has 7 nitrogen and oxygen atoms in total. The molecule has 1 aromatic carbocycles. The van der Waals surface area contributed by atoms with Crippen molar-refractivity contribution in [3.8, 4) is 0 Å². The number of aliphatic carboxylic acids is 1. The molecule has 1 rings (SSSR count). The Morgan fingerprint density at radius 2 is 1.85 bits per heavy atom. The second-order valence-electron chi connectivity index (χ2n) is 4.35. The third-order valence-electron chi connectivity index (χ3n) is 2.71. The molecule has 0 aliphatic carbocycles. The van der Waals surface area contributed by atoms with E-state index in [4.69, 9.17) is 5.11 Å². The number of anilines is 1. The summed E-state index contributed by atoms with van der Waals surface area (Å²) >= 11 is 0. The summed E-state index contributed by atoms with van der Waals surface area (Å²) in [6.07, 6.45) is 0.970. The minimum Gasteiger partial charge on any atom is -0.480 e. The Hall–Kier alpha value is -2.09. The van der Waals surface area contributed by atoms with Crippen LogP contribution >= 0.6 is 0 Å². The van der Waals surface area contributed by atoms with Crippen molar-refractivity contribution in [3.05, 3.63) is 29.8 Å². The van der Waals surface area contributed by atoms with E-state index in [1.807, 2.05) is 0 Å². The summed E-state index contributed by atoms with van der Waals surface area (Å²) in [4.78, 5) is 24.1. The van der Waals surface area contributed by atoms with Gasteiger partial charge in [0.25, 0.3) is 5.91 Å². The first-order valence-electron chi connectivity index (χ1n) is 5.70. The summed E-state index contributed by atoms with van der Waals surface area (Å²) in [5, 5.41) is 8.90. The fraction of sp³-hybridized carbons (Fsp3) is 0.333. The number of nitrogens with zero attached hydrogens (tertiary/aromatic N) is 1. The third-order valence-corrected chi connectivity index (χ3v) is 3.30. The number of carboxylic acids is 1. The Bertz CT molecular complexity index is 626. The molecule has 1 aromatic rings. The molecule has 0 saturated carbocycles. The predicted octanol–water partition coefficient (Wildman–Crippen LogP) is 0.603. The summed E-state index contributed by atoms with van der Waals surface area (Å²) in [5.41, 5.74) is 0.206. The topological polar surface area (TPSA) is 104 Å². The quantitative estimate of drug-likeness (QED) is 0.829. The van der Waals surface area contributed by atoms with Gasteiger partial charge in [-0.1, -0.05) is 12.1 Å². The van der Waals surface area contributed by atoms with Gasteiger partial charge in [0.1, 0.15) is 6.04 Å². The van der Waals surface area contributed by atoms with Crippen LogP contribution in [-0.2, 0) is 14.8 Å². The minimum absolute atomic E-state index is 0.0912. The highest BCUT2D eigenvalue weighted by Crippen LogP contribution is 2.18. The van der Waals surface area contributed by atoms with Crippen LogP contribution in [0.5, 0.6) is 0 Å². The van der Waals surface area contributed by atoms with E-state index in [0.29, 0.717) is 0 Å². The fourth-order valence-corrected chi connectivity index (χ4v) is 2.07. The largest absolute Gasteiger partial charge is 0.480 e. The summed E-state index contributed by atoms with van der Waals surface area (Å²) < 4.78 is 24.7. The van der Waals surface area contributed by atoms with Crippen molar-refractivity contribution >= 4 is 27.6 Å². The molecule has 1 amide bonds. The van der Waals surface area contributed by atoms with Crippen molar-refractivity contribution in [1.82, 2.24) is 4.90 Å². The van der Waals surface area contributed by atoms with E-state index in [1.165, 1.54) is 26.1 Å². The molecule has 0 bridgehead atoms. The number of hydrogen-bond acceptors (Lipinski definition) is 4. The fourth-order valence-electron chi connectivity index (χ4n) is 1.49. The van der Waals surface area contributed by atoms with Gasteiger partial charge in [0.2, 0.25) is 10.0 Å². The van der Waals surface area contributed by atoms with E-state index in [9.17, 15) is 18.0 Å². The summed E-state index contributed by atoms with van der Waals surface area (Å²) in [6.45, 7) is 1.37. The maximum atomic E-state index is 12.2. The van der Waals surface area contributed by atoms with Crippen molar-refractivity contribution in [3.63, 3.8) is 0 Å². The van der Waals surface area contributed by atoms with Gasteiger partial charge in [-0.05, 0) is 19.1 Å². The predicted molar refractivity (Wildman–Crippen MR) is 74.1 cm³/mol. The highest BCUT2D eigenvalue weighted by atomic mass is 32.2. The number of benzene rings is 1. The maximum absolute atomic E-state index is 12.2. The molecule has 8 heteroatoms. The summed E-state index contributed by atoms with van der Waals surface area (Å²) in [6, 6.07) is 4.99. The van der Waals surface area contributed by atoms with Gasteiger partial charge < -0.3 is 10.0 Å². The van der Waals surface area contributed by atoms with Crippen LogP contribution in [0.25, 0.3) is 0 Å². The highest BCUT2D eigenvalue weighted by molar-refractivity contribution is 7.92. The van der Waals surface area contributed by atoms with Gasteiger partial charge in [-0.3, -0.25) is 9.52 Å². The molecule has 1 unspecified atom stereocenters. The van der Waals surface area contributed by atoms with Crippen molar-refractivity contribution in [2.75, 3.05) is 18.0 Å². The van der Waals surface area contributed by atoms with Crippen LogP contribution in [0.15, 0.2) is 24.3 Å². The lowest BCUT2D eigenvalue weighted by Crippen LogP contribution is -2.40. The first-order valence-corrected chi connectivity index (χ1v) is 7.59. The number of rotatable bonds is 5. The molecule has 0 saturated heterocycles. The van der Waals surface area contributed by atoms with Crippen LogP contribution < -0.4 is 4.72 Å². The number of hydrogen-bond donors (Lipinski definition) is 2. The Kier molecular flexibility index (Phi) is 4.72. The molecule has 0 heterocycles. The van der Waals surface area contributed by atoms with E-state index in [1.54, 1.807) is 12.1 Å². The van der Waals surface area contributed by atoms with Crippen LogP contribution in [0.3, 0.4) is 0 Å². The number of carboxylic acid groups (broad SMARTS) is 1. The van der Waals surface area contributed by atoms with Crippen LogP contribution in [0, 0.1) is 0 Å². The normalized spacial score (nSPS) is 12.6. The molecule has 0 fully saturated rings. The number of para-hydroxylation sites is 1. The highest BCUT2D eigenvalue weighted by Gasteiger charge is 2.24. The number of sulfonamides is 1. The molecule has 0 aromatic heterocycles. The number of likely N-dealkylation sites (N-methyl/N-ethyl adjacent to an activating group) is 1. The molecule has 0 aliphatic rings. The number of carbonyl (C=O) groups is 2. The van der Waals surface area contributed by atoms with Gasteiger partial charge in [-0.25, -0.2) is 13.2 Å². The molecular weight excluding hydrogens is 284 g/mol. The van der Waals surface area contributed by atoms with Gasteiger partial charge in [-0.2, -0.15) is 0 Å². The van der Waals surface area contributed by atoms with E-state index in [0.717, 1.165) is 11.2 Å². The molecule has 0 aliphatic heterocycles. The third kappa shape index (κ3) is 3.95. The van der Waals surface area contributed by atoms with E-state index in [-0.39, 0.29) is 11.3 Å². The van der Waals surface area contributed by atoms with Crippen molar-refractivity contribution in [2.45, 2.75) is 13.0 Å². The molecular formula is C12H16N2O5S. The number of nitrogens with one attached hydrogen (secondary N) is 1. The molecule has 0 radical (unpaired) electrons. The molecule has 0 spiro atoms. The van der Waals surface area contributed by atoms with Crippen molar-refractivity contribution in [2.24, 2.45) is 0 Å².